The summed E-state index contributed by atoms with van der Waals surface area (Å²) in [7, 11) is 0. The van der Waals surface area contributed by atoms with Crippen molar-refractivity contribution in [1.82, 2.24) is 0 Å². The number of carbonyl (C=O) groups is 2. The Labute approximate surface area is 106 Å². The van der Waals surface area contributed by atoms with Crippen molar-refractivity contribution in [1.29, 1.82) is 0 Å². The van der Waals surface area contributed by atoms with Crippen LogP contribution in [0.2, 0.25) is 0 Å². The molecule has 98 valence electrons. The van der Waals surface area contributed by atoms with Gasteiger partial charge in [-0.3, -0.25) is 9.59 Å². The summed E-state index contributed by atoms with van der Waals surface area (Å²) >= 11 is 0. The van der Waals surface area contributed by atoms with Gasteiger partial charge in [0.25, 0.3) is 0 Å². The Kier molecular flexibility index (Phi) is 5.87. The van der Waals surface area contributed by atoms with Crippen molar-refractivity contribution in [3.8, 4) is 0 Å². The average molecular weight is 251 g/mol. The van der Waals surface area contributed by atoms with Crippen molar-refractivity contribution >= 4 is 11.9 Å². The Hall–Kier alpha value is -1.88. The normalized spacial score (nSPS) is 11.8. The minimum atomic E-state index is -1.02. The molecule has 0 fully saturated rings. The first kappa shape index (κ1) is 14.2. The largest absolute Gasteiger partial charge is 0.481 e. The Morgan fingerprint density at radius 2 is 1.94 bits per heavy atom. The first-order valence-electron chi connectivity index (χ1n) is 5.76. The summed E-state index contributed by atoms with van der Waals surface area (Å²) in [5.74, 6) is -2.30. The highest BCUT2D eigenvalue weighted by atomic mass is 16.5. The van der Waals surface area contributed by atoms with Crippen LogP contribution in [0.4, 0.5) is 0 Å². The van der Waals surface area contributed by atoms with Gasteiger partial charge >= 0.3 is 11.9 Å². The van der Waals surface area contributed by atoms with Gasteiger partial charge in [-0.1, -0.05) is 30.3 Å². The van der Waals surface area contributed by atoms with Gasteiger partial charge in [-0.15, -0.1) is 0 Å². The van der Waals surface area contributed by atoms with Gasteiger partial charge in [-0.05, 0) is 18.5 Å². The lowest BCUT2D eigenvalue weighted by Crippen LogP contribution is -2.22. The van der Waals surface area contributed by atoms with Crippen molar-refractivity contribution < 1.29 is 19.4 Å². The zero-order valence-electron chi connectivity index (χ0n) is 10.0. The standard InChI is InChI=1S/C13H17NO4/c14-7-6-11(13(16)17)8-12(15)18-9-10-4-2-1-3-5-10/h1-5,11H,6-9,14H2,(H,16,17)/t11-/m1/s1. The Morgan fingerprint density at radius 1 is 1.28 bits per heavy atom. The van der Waals surface area contributed by atoms with Crippen molar-refractivity contribution in [2.45, 2.75) is 19.4 Å². The van der Waals surface area contributed by atoms with Gasteiger partial charge < -0.3 is 15.6 Å². The van der Waals surface area contributed by atoms with E-state index >= 15 is 0 Å². The number of carboxylic acids is 1. The minimum Gasteiger partial charge on any atom is -0.481 e. The highest BCUT2D eigenvalue weighted by Gasteiger charge is 2.21. The fourth-order valence-corrected chi connectivity index (χ4v) is 1.51. The van der Waals surface area contributed by atoms with E-state index in [2.05, 4.69) is 0 Å². The number of aliphatic carboxylic acids is 1. The average Bonchev–Trinajstić information content (AvgIpc) is 2.37. The second-order valence-electron chi connectivity index (χ2n) is 3.96. The van der Waals surface area contributed by atoms with Crippen LogP contribution in [0, 0.1) is 5.92 Å². The topological polar surface area (TPSA) is 89.6 Å². The maximum Gasteiger partial charge on any atom is 0.307 e. The third kappa shape index (κ3) is 4.97. The van der Waals surface area contributed by atoms with Crippen LogP contribution in [0.25, 0.3) is 0 Å². The Bertz CT molecular complexity index is 391. The zero-order chi connectivity index (χ0) is 13.4. The molecular weight excluding hydrogens is 234 g/mol. The second-order valence-corrected chi connectivity index (χ2v) is 3.96. The lowest BCUT2D eigenvalue weighted by atomic mass is 10.0. The molecule has 0 saturated carbocycles. The van der Waals surface area contributed by atoms with Gasteiger partial charge in [0, 0.05) is 0 Å². The SMILES string of the molecule is NCC[C@H](CC(=O)OCc1ccccc1)C(=O)O. The molecule has 0 saturated heterocycles. The Morgan fingerprint density at radius 3 is 2.50 bits per heavy atom. The molecule has 0 amide bonds. The highest BCUT2D eigenvalue weighted by Crippen LogP contribution is 2.10. The van der Waals surface area contributed by atoms with E-state index in [4.69, 9.17) is 15.6 Å². The van der Waals surface area contributed by atoms with Crippen molar-refractivity contribution in [3.63, 3.8) is 0 Å². The number of carbonyl (C=O) groups excluding carboxylic acids is 1. The number of rotatable bonds is 7. The number of hydrogen-bond acceptors (Lipinski definition) is 4. The summed E-state index contributed by atoms with van der Waals surface area (Å²) in [5.41, 5.74) is 6.16. The molecule has 1 aromatic carbocycles. The molecule has 0 aliphatic heterocycles. The number of nitrogens with two attached hydrogens (primary N) is 1. The van der Waals surface area contributed by atoms with Gasteiger partial charge in [-0.2, -0.15) is 0 Å². The lowest BCUT2D eigenvalue weighted by Gasteiger charge is -2.10. The van der Waals surface area contributed by atoms with E-state index < -0.39 is 17.9 Å². The molecule has 5 nitrogen and oxygen atoms in total. The van der Waals surface area contributed by atoms with E-state index in [1.54, 1.807) is 0 Å². The van der Waals surface area contributed by atoms with Crippen molar-refractivity contribution in [2.24, 2.45) is 11.7 Å². The van der Waals surface area contributed by atoms with Crippen LogP contribution in [0.1, 0.15) is 18.4 Å². The van der Waals surface area contributed by atoms with Gasteiger partial charge in [0.1, 0.15) is 6.61 Å². The highest BCUT2D eigenvalue weighted by molar-refractivity contribution is 5.78. The summed E-state index contributed by atoms with van der Waals surface area (Å²) in [4.78, 5) is 22.3. The molecule has 0 aliphatic carbocycles. The molecule has 1 atom stereocenters. The molecule has 0 radical (unpaired) electrons. The molecule has 0 spiro atoms. The molecule has 5 heteroatoms. The molecule has 0 aromatic heterocycles. The first-order chi connectivity index (χ1) is 8.63. The van der Waals surface area contributed by atoms with E-state index in [0.717, 1.165) is 5.56 Å². The molecule has 0 aliphatic rings. The van der Waals surface area contributed by atoms with Gasteiger partial charge in [0.2, 0.25) is 0 Å². The second kappa shape index (κ2) is 7.45. The predicted molar refractivity (Wildman–Crippen MR) is 65.7 cm³/mol. The van der Waals surface area contributed by atoms with Crippen LogP contribution in [-0.4, -0.2) is 23.6 Å². The smallest absolute Gasteiger partial charge is 0.307 e. The maximum atomic E-state index is 11.5. The summed E-state index contributed by atoms with van der Waals surface area (Å²) in [6.45, 7) is 0.400. The number of hydrogen-bond donors (Lipinski definition) is 2. The minimum absolute atomic E-state index is 0.140. The molecular formula is C13H17NO4. The van der Waals surface area contributed by atoms with Crippen LogP contribution in [0.15, 0.2) is 30.3 Å². The zero-order valence-corrected chi connectivity index (χ0v) is 10.0. The number of esters is 1. The van der Waals surface area contributed by atoms with Gasteiger partial charge in [0.15, 0.2) is 0 Å². The van der Waals surface area contributed by atoms with Crippen LogP contribution in [0.3, 0.4) is 0 Å². The molecule has 0 unspecified atom stereocenters. The van der Waals surface area contributed by atoms with Crippen molar-refractivity contribution in [3.05, 3.63) is 35.9 Å². The summed E-state index contributed by atoms with van der Waals surface area (Å²) < 4.78 is 5.01. The summed E-state index contributed by atoms with van der Waals surface area (Å²) in [6.07, 6.45) is 0.134. The van der Waals surface area contributed by atoms with Gasteiger partial charge in [0.05, 0.1) is 12.3 Å². The van der Waals surface area contributed by atoms with E-state index in [1.165, 1.54) is 0 Å². The third-order valence-corrected chi connectivity index (χ3v) is 2.52. The number of benzene rings is 1. The molecule has 1 aromatic rings. The third-order valence-electron chi connectivity index (χ3n) is 2.52. The predicted octanol–water partition coefficient (Wildman–Crippen LogP) is 1.17. The molecule has 1 rings (SSSR count). The molecule has 3 N–H and O–H groups in total. The number of ether oxygens (including phenoxy) is 1. The monoisotopic (exact) mass is 251 g/mol. The van der Waals surface area contributed by atoms with Crippen LogP contribution in [-0.2, 0) is 20.9 Å². The maximum absolute atomic E-state index is 11.5. The first-order valence-corrected chi connectivity index (χ1v) is 5.76. The summed E-state index contributed by atoms with van der Waals surface area (Å²) in [5, 5.41) is 8.88. The molecule has 18 heavy (non-hydrogen) atoms. The molecule has 0 bridgehead atoms. The van der Waals surface area contributed by atoms with E-state index in [1.807, 2.05) is 30.3 Å². The fourth-order valence-electron chi connectivity index (χ4n) is 1.51. The van der Waals surface area contributed by atoms with E-state index in [9.17, 15) is 9.59 Å². The van der Waals surface area contributed by atoms with E-state index in [-0.39, 0.29) is 26.0 Å². The fraction of sp³-hybridized carbons (Fsp3) is 0.385. The quantitative estimate of drug-likeness (QED) is 0.710. The summed E-state index contributed by atoms with van der Waals surface area (Å²) in [6, 6.07) is 9.23. The Balaban J connectivity index is 2.39. The van der Waals surface area contributed by atoms with Crippen LogP contribution >= 0.6 is 0 Å². The number of carboxylic acid groups (broad SMARTS) is 1. The lowest BCUT2D eigenvalue weighted by molar-refractivity contribution is -0.152. The van der Waals surface area contributed by atoms with Gasteiger partial charge in [-0.25, -0.2) is 0 Å². The van der Waals surface area contributed by atoms with Crippen LogP contribution in [0.5, 0.6) is 0 Å². The van der Waals surface area contributed by atoms with Crippen molar-refractivity contribution in [2.75, 3.05) is 6.54 Å². The van der Waals surface area contributed by atoms with Crippen LogP contribution < -0.4 is 5.73 Å². The molecule has 0 heterocycles. The van der Waals surface area contributed by atoms with E-state index in [0.29, 0.717) is 0 Å².